The molecule has 2 N–H and O–H groups in total. The van der Waals surface area contributed by atoms with E-state index in [0.29, 0.717) is 51.4 Å². The minimum atomic E-state index is -2.15. The third kappa shape index (κ3) is 7.76. The van der Waals surface area contributed by atoms with Crippen molar-refractivity contribution in [3.63, 3.8) is 0 Å². The molecule has 0 fully saturated rings. The molecule has 0 bridgehead atoms. The van der Waals surface area contributed by atoms with Crippen molar-refractivity contribution in [1.29, 1.82) is 0 Å². The highest BCUT2D eigenvalue weighted by Gasteiger charge is 2.47. The summed E-state index contributed by atoms with van der Waals surface area (Å²) in [4.78, 5) is 14.6. The van der Waals surface area contributed by atoms with Crippen molar-refractivity contribution >= 4 is 25.9 Å². The van der Waals surface area contributed by atoms with Crippen LogP contribution in [-0.4, -0.2) is 24.3 Å². The van der Waals surface area contributed by atoms with Gasteiger partial charge in [-0.05, 0) is 82.7 Å². The Hall–Kier alpha value is -3.68. The lowest BCUT2D eigenvalue weighted by atomic mass is 10.0. The van der Waals surface area contributed by atoms with Crippen LogP contribution in [0.4, 0.5) is 0 Å². The van der Waals surface area contributed by atoms with Gasteiger partial charge in [0.15, 0.2) is 5.78 Å². The zero-order valence-corrected chi connectivity index (χ0v) is 29.2. The normalized spacial score (nSPS) is 12.5. The molecule has 0 saturated carbocycles. The number of hydrogen-bond acceptors (Lipinski definition) is 6. The van der Waals surface area contributed by atoms with Crippen LogP contribution < -0.4 is 9.16 Å². The van der Waals surface area contributed by atoms with Crippen LogP contribution >= 0.6 is 11.8 Å². The van der Waals surface area contributed by atoms with Gasteiger partial charge in [-0.2, -0.15) is 0 Å². The lowest BCUT2D eigenvalue weighted by Gasteiger charge is -2.42. The Morgan fingerprint density at radius 3 is 1.93 bits per heavy atom. The average Bonchev–Trinajstić information content (AvgIpc) is 3.02. The molecule has 45 heavy (non-hydrogen) atoms. The van der Waals surface area contributed by atoms with E-state index in [-0.39, 0.29) is 17.3 Å². The smallest absolute Gasteiger partial charge is 0.258 e. The zero-order valence-electron chi connectivity index (χ0n) is 27.4. The number of thioether (sulfide) groups is 1. The van der Waals surface area contributed by atoms with Crippen LogP contribution in [0.1, 0.15) is 80.8 Å². The van der Waals surface area contributed by atoms with E-state index in [4.69, 9.17) is 9.16 Å². The Labute approximate surface area is 273 Å². The second-order valence-corrected chi connectivity index (χ2v) is 18.9. The topological polar surface area (TPSA) is 76.0 Å². The van der Waals surface area contributed by atoms with Crippen LogP contribution in [0.2, 0.25) is 16.6 Å². The van der Waals surface area contributed by atoms with E-state index < -0.39 is 13.6 Å². The van der Waals surface area contributed by atoms with Gasteiger partial charge in [-0.25, -0.2) is 0 Å². The average molecular weight is 643 g/mol. The summed E-state index contributed by atoms with van der Waals surface area (Å²) in [5.74, 6) is 1.54. The zero-order chi connectivity index (χ0) is 32.7. The molecule has 1 atom stereocenters. The van der Waals surface area contributed by atoms with Gasteiger partial charge in [-0.15, -0.1) is 11.8 Å². The second-order valence-electron chi connectivity index (χ2n) is 12.4. The van der Waals surface area contributed by atoms with Gasteiger partial charge in [-0.3, -0.25) is 4.79 Å². The van der Waals surface area contributed by atoms with Crippen molar-refractivity contribution in [3.05, 3.63) is 113 Å². The predicted molar refractivity (Wildman–Crippen MR) is 187 cm³/mol. The molecule has 4 aromatic rings. The molecule has 0 aliphatic carbocycles. The number of ketones is 1. The first kappa shape index (κ1) is 34.2. The van der Waals surface area contributed by atoms with Crippen LogP contribution in [0.5, 0.6) is 23.0 Å². The highest BCUT2D eigenvalue weighted by molar-refractivity contribution is 8.00. The summed E-state index contributed by atoms with van der Waals surface area (Å²) in [5.41, 5.74) is 4.34. The fourth-order valence-electron chi connectivity index (χ4n) is 6.35. The molecular weight excluding hydrogens is 597 g/mol. The molecule has 0 heterocycles. The van der Waals surface area contributed by atoms with Gasteiger partial charge in [-0.1, -0.05) is 90.9 Å². The van der Waals surface area contributed by atoms with E-state index in [2.05, 4.69) is 41.5 Å². The summed E-state index contributed by atoms with van der Waals surface area (Å²) in [6.07, 6.45) is 0.570. The number of phenols is 2. The van der Waals surface area contributed by atoms with Gasteiger partial charge in [0.1, 0.15) is 29.6 Å². The number of carbonyl (C=O) groups is 1. The van der Waals surface area contributed by atoms with E-state index in [1.165, 1.54) is 23.9 Å². The summed E-state index contributed by atoms with van der Waals surface area (Å²) in [6, 6.07) is 27.8. The fraction of sp³-hybridized carbons (Fsp3) is 0.342. The van der Waals surface area contributed by atoms with Gasteiger partial charge >= 0.3 is 0 Å². The minimum Gasteiger partial charge on any atom is -0.543 e. The molecule has 0 amide bonds. The second kappa shape index (κ2) is 15.1. The molecule has 0 aromatic heterocycles. The molecule has 1 unspecified atom stereocenters. The number of carbonyl (C=O) groups excluding carboxylic acids is 1. The molecule has 238 valence electrons. The number of hydrogen-bond donors (Lipinski definition) is 2. The molecule has 0 saturated heterocycles. The largest absolute Gasteiger partial charge is 0.543 e. The van der Waals surface area contributed by atoms with E-state index in [0.717, 1.165) is 16.9 Å². The van der Waals surface area contributed by atoms with Crippen molar-refractivity contribution < 1.29 is 24.2 Å². The Morgan fingerprint density at radius 1 is 0.778 bits per heavy atom. The van der Waals surface area contributed by atoms with Gasteiger partial charge in [0.25, 0.3) is 8.32 Å². The van der Waals surface area contributed by atoms with Crippen LogP contribution in [0.15, 0.2) is 95.9 Å². The summed E-state index contributed by atoms with van der Waals surface area (Å²) in [7, 11) is -2.15. The third-order valence-corrected chi connectivity index (χ3v) is 15.9. The van der Waals surface area contributed by atoms with Crippen molar-refractivity contribution in [2.24, 2.45) is 0 Å². The van der Waals surface area contributed by atoms with Gasteiger partial charge < -0.3 is 19.4 Å². The van der Waals surface area contributed by atoms with Crippen LogP contribution in [0.25, 0.3) is 0 Å². The lowest BCUT2D eigenvalue weighted by molar-refractivity contribution is 0.0989. The Morgan fingerprint density at radius 2 is 1.38 bits per heavy atom. The van der Waals surface area contributed by atoms with E-state index in [1.807, 2.05) is 73.7 Å². The van der Waals surface area contributed by atoms with E-state index >= 15 is 0 Å². The Bertz CT molecular complexity index is 1530. The lowest BCUT2D eigenvalue weighted by Crippen LogP contribution is -2.50. The standard InChI is InChI=1S/C38H46O5SSi/c1-8-33-34(42-24-28-12-10-9-11-13-28)22-23-35(37(33)41)44-38(36(40)29-14-18-31(39)19-15-29)30-16-20-32(21-17-30)43-45(25(2)3,26(4)5)27(6)7/h9-23,25-27,38-39,41H,8,24H2,1-7H3. The minimum absolute atomic E-state index is 0.0988. The Kier molecular flexibility index (Phi) is 11.4. The molecule has 0 aliphatic heterocycles. The van der Waals surface area contributed by atoms with Crippen LogP contribution in [0.3, 0.4) is 0 Å². The first-order chi connectivity index (χ1) is 21.5. The SMILES string of the molecule is CCc1c(OCc2ccccc2)ccc(SC(C(=O)c2ccc(O)cc2)c2ccc(O[Si](C(C)C)(C(C)C)C(C)C)cc2)c1O. The van der Waals surface area contributed by atoms with Crippen molar-refractivity contribution in [2.45, 2.75) is 88.3 Å². The molecule has 0 radical (unpaired) electrons. The molecule has 4 aromatic carbocycles. The Balaban J connectivity index is 1.67. The molecule has 0 aliphatic rings. The number of ether oxygens (including phenoxy) is 1. The highest BCUT2D eigenvalue weighted by Crippen LogP contribution is 2.46. The molecule has 5 nitrogen and oxygen atoms in total. The fourth-order valence-corrected chi connectivity index (χ4v) is 12.8. The number of Topliss-reactive ketones (excluding diaryl/α,β-unsaturated/α-hetero) is 1. The molecular formula is C38H46O5SSi. The summed E-state index contributed by atoms with van der Waals surface area (Å²) in [6.45, 7) is 15.9. The van der Waals surface area contributed by atoms with Crippen LogP contribution in [-0.2, 0) is 13.0 Å². The van der Waals surface area contributed by atoms with Gasteiger partial charge in [0.05, 0.1) is 10.1 Å². The van der Waals surface area contributed by atoms with Crippen molar-refractivity contribution in [3.8, 4) is 23.0 Å². The van der Waals surface area contributed by atoms with Crippen molar-refractivity contribution in [1.82, 2.24) is 0 Å². The monoisotopic (exact) mass is 642 g/mol. The number of phenolic OH excluding ortho intramolecular Hbond substituents is 2. The number of rotatable bonds is 14. The molecule has 0 spiro atoms. The van der Waals surface area contributed by atoms with Gasteiger partial charge in [0, 0.05) is 11.1 Å². The first-order valence-corrected chi connectivity index (χ1v) is 18.8. The highest BCUT2D eigenvalue weighted by atomic mass is 32.2. The molecule has 7 heteroatoms. The third-order valence-electron chi connectivity index (χ3n) is 8.61. The summed E-state index contributed by atoms with van der Waals surface area (Å²) in [5, 5.41) is 20.6. The van der Waals surface area contributed by atoms with Gasteiger partial charge in [0.2, 0.25) is 0 Å². The predicted octanol–water partition coefficient (Wildman–Crippen LogP) is 10.5. The van der Waals surface area contributed by atoms with Crippen LogP contribution in [0, 0.1) is 0 Å². The number of aromatic hydroxyl groups is 2. The number of benzene rings is 4. The molecule has 4 rings (SSSR count). The maximum Gasteiger partial charge on any atom is 0.258 e. The maximum atomic E-state index is 14.0. The van der Waals surface area contributed by atoms with E-state index in [9.17, 15) is 15.0 Å². The summed E-state index contributed by atoms with van der Waals surface area (Å²) >= 11 is 1.31. The first-order valence-electron chi connectivity index (χ1n) is 15.8. The van der Waals surface area contributed by atoms with Crippen molar-refractivity contribution in [2.75, 3.05) is 0 Å². The summed E-state index contributed by atoms with van der Waals surface area (Å²) < 4.78 is 13.0. The van der Waals surface area contributed by atoms with E-state index in [1.54, 1.807) is 12.1 Å². The quantitative estimate of drug-likeness (QED) is 0.0810. The maximum absolute atomic E-state index is 14.0.